The molecule has 0 amide bonds. The van der Waals surface area contributed by atoms with Crippen molar-refractivity contribution < 1.29 is 18.3 Å². The largest absolute Gasteiger partial charge is 0.481 e. The van der Waals surface area contributed by atoms with Crippen molar-refractivity contribution in [2.75, 3.05) is 12.8 Å². The molecule has 19 heavy (non-hydrogen) atoms. The van der Waals surface area contributed by atoms with Crippen molar-refractivity contribution in [1.29, 1.82) is 0 Å². The molecule has 1 heterocycles. The van der Waals surface area contributed by atoms with Gasteiger partial charge in [0, 0.05) is 31.8 Å². The third-order valence-electron chi connectivity index (χ3n) is 2.18. The topological polar surface area (TPSA) is 101 Å². The average Bonchev–Trinajstić information content (AvgIpc) is 2.74. The Hall–Kier alpha value is -1.41. The first-order valence-corrected chi connectivity index (χ1v) is 7.46. The van der Waals surface area contributed by atoms with E-state index in [-0.39, 0.29) is 5.75 Å². The van der Waals surface area contributed by atoms with E-state index in [9.17, 15) is 8.42 Å². The van der Waals surface area contributed by atoms with Crippen LogP contribution in [0.25, 0.3) is 0 Å². The van der Waals surface area contributed by atoms with Crippen molar-refractivity contribution in [3.63, 3.8) is 0 Å². The van der Waals surface area contributed by atoms with Gasteiger partial charge in [0.1, 0.15) is 5.82 Å². The van der Waals surface area contributed by atoms with Gasteiger partial charge in [-0.15, -0.1) is 0 Å². The van der Waals surface area contributed by atoms with Crippen molar-refractivity contribution in [3.05, 3.63) is 18.2 Å². The number of aryl methyl sites for hydroxylation is 1. The number of nitrogens with one attached hydrogen (secondary N) is 1. The first-order chi connectivity index (χ1) is 8.69. The molecule has 0 fully saturated rings. The molecule has 0 radical (unpaired) electrons. The summed E-state index contributed by atoms with van der Waals surface area (Å²) in [7, 11) is -1.71. The molecular formula is C11H21N3O4S. The number of carboxylic acids is 1. The lowest BCUT2D eigenvalue weighted by molar-refractivity contribution is -0.134. The first kappa shape index (κ1) is 17.6. The van der Waals surface area contributed by atoms with Crippen molar-refractivity contribution in [2.45, 2.75) is 33.2 Å². The van der Waals surface area contributed by atoms with Crippen molar-refractivity contribution in [3.8, 4) is 0 Å². The number of nitrogens with zero attached hydrogens (tertiary/aromatic N) is 2. The van der Waals surface area contributed by atoms with Gasteiger partial charge in [0.05, 0.1) is 5.75 Å². The highest BCUT2D eigenvalue weighted by atomic mass is 32.2. The molecule has 0 unspecified atom stereocenters. The molecule has 1 rings (SSSR count). The van der Waals surface area contributed by atoms with Gasteiger partial charge in [-0.3, -0.25) is 4.79 Å². The smallest absolute Gasteiger partial charge is 0.300 e. The van der Waals surface area contributed by atoms with Crippen LogP contribution in [-0.2, 0) is 21.4 Å². The van der Waals surface area contributed by atoms with E-state index in [1.54, 1.807) is 12.4 Å². The summed E-state index contributed by atoms with van der Waals surface area (Å²) in [6, 6.07) is 0. The minimum absolute atomic E-state index is 0.0829. The zero-order valence-electron chi connectivity index (χ0n) is 11.6. The lowest BCUT2D eigenvalue weighted by Crippen LogP contribution is -2.25. The maximum Gasteiger partial charge on any atom is 0.300 e. The molecule has 0 aromatic carbocycles. The predicted octanol–water partition coefficient (Wildman–Crippen LogP) is 0.647. The highest BCUT2D eigenvalue weighted by Crippen LogP contribution is 2.11. The van der Waals surface area contributed by atoms with Crippen molar-refractivity contribution >= 4 is 16.0 Å². The van der Waals surface area contributed by atoms with Gasteiger partial charge in [-0.05, 0) is 7.05 Å². The Morgan fingerprint density at radius 2 is 2.05 bits per heavy atom. The number of hydrogen-bond donors (Lipinski definition) is 2. The second-order valence-corrected chi connectivity index (χ2v) is 6.22. The summed E-state index contributed by atoms with van der Waals surface area (Å²) in [6.07, 6.45) is 3.50. The van der Waals surface area contributed by atoms with Gasteiger partial charge in [0.25, 0.3) is 5.97 Å². The SMILES string of the molecule is CC(=O)O.CNS(=O)(=O)CCn1ccnc1C(C)C. The van der Waals surface area contributed by atoms with Crippen LogP contribution in [0.4, 0.5) is 0 Å². The van der Waals surface area contributed by atoms with Gasteiger partial charge in [-0.2, -0.15) is 0 Å². The fourth-order valence-corrected chi connectivity index (χ4v) is 1.97. The van der Waals surface area contributed by atoms with Gasteiger partial charge in [-0.1, -0.05) is 13.8 Å². The van der Waals surface area contributed by atoms with E-state index < -0.39 is 16.0 Å². The molecule has 0 aliphatic heterocycles. The van der Waals surface area contributed by atoms with Crippen LogP contribution in [0.5, 0.6) is 0 Å². The summed E-state index contributed by atoms with van der Waals surface area (Å²) in [5.41, 5.74) is 0. The summed E-state index contributed by atoms with van der Waals surface area (Å²) in [6.45, 7) is 5.59. The van der Waals surface area contributed by atoms with E-state index in [0.717, 1.165) is 12.7 Å². The molecule has 1 aromatic rings. The number of aliphatic carboxylic acids is 1. The van der Waals surface area contributed by atoms with Gasteiger partial charge in [0.15, 0.2) is 0 Å². The quantitative estimate of drug-likeness (QED) is 0.829. The van der Waals surface area contributed by atoms with Gasteiger partial charge in [0.2, 0.25) is 10.0 Å². The van der Waals surface area contributed by atoms with Gasteiger partial charge in [-0.25, -0.2) is 18.1 Å². The minimum Gasteiger partial charge on any atom is -0.481 e. The number of hydrogen-bond acceptors (Lipinski definition) is 4. The second kappa shape index (κ2) is 7.90. The molecular weight excluding hydrogens is 270 g/mol. The fourth-order valence-electron chi connectivity index (χ4n) is 1.33. The maximum atomic E-state index is 11.2. The molecule has 1 aromatic heterocycles. The Labute approximate surface area is 113 Å². The summed E-state index contributed by atoms with van der Waals surface area (Å²) in [5.74, 6) is 0.471. The van der Waals surface area contributed by atoms with E-state index in [4.69, 9.17) is 9.90 Å². The van der Waals surface area contributed by atoms with Gasteiger partial charge >= 0.3 is 0 Å². The Balaban J connectivity index is 0.000000711. The van der Waals surface area contributed by atoms with Crippen LogP contribution >= 0.6 is 0 Å². The highest BCUT2D eigenvalue weighted by molar-refractivity contribution is 7.89. The second-order valence-electron chi connectivity index (χ2n) is 4.18. The number of imidazole rings is 1. The monoisotopic (exact) mass is 291 g/mol. The van der Waals surface area contributed by atoms with Crippen molar-refractivity contribution in [1.82, 2.24) is 14.3 Å². The number of carboxylic acid groups (broad SMARTS) is 1. The Morgan fingerprint density at radius 1 is 1.53 bits per heavy atom. The van der Waals surface area contributed by atoms with E-state index in [1.165, 1.54) is 7.05 Å². The van der Waals surface area contributed by atoms with E-state index >= 15 is 0 Å². The Bertz CT molecular complexity index is 490. The number of carbonyl (C=O) groups is 1. The van der Waals surface area contributed by atoms with E-state index in [0.29, 0.717) is 12.5 Å². The molecule has 0 aliphatic carbocycles. The third-order valence-corrected chi connectivity index (χ3v) is 3.52. The van der Waals surface area contributed by atoms with E-state index in [1.807, 2.05) is 18.4 Å². The summed E-state index contributed by atoms with van der Waals surface area (Å²) < 4.78 is 26.6. The molecule has 0 saturated heterocycles. The number of rotatable bonds is 5. The van der Waals surface area contributed by atoms with Crippen LogP contribution in [0.15, 0.2) is 12.4 Å². The van der Waals surface area contributed by atoms with Crippen LogP contribution in [0.1, 0.15) is 32.5 Å². The lowest BCUT2D eigenvalue weighted by atomic mass is 10.2. The standard InChI is InChI=1S/C9H17N3O2S.C2H4O2/c1-8(2)9-11-4-5-12(9)6-7-15(13,14)10-3;1-2(3)4/h4-5,8,10H,6-7H2,1-3H3;1H3,(H,3,4). The number of sulfonamides is 1. The van der Waals surface area contributed by atoms with E-state index in [2.05, 4.69) is 9.71 Å². The summed E-state index contributed by atoms with van der Waals surface area (Å²) in [5, 5.41) is 7.42. The Kier molecular flexibility index (Phi) is 7.32. The van der Waals surface area contributed by atoms with Crippen LogP contribution in [0.3, 0.4) is 0 Å². The summed E-state index contributed by atoms with van der Waals surface area (Å²) >= 11 is 0. The normalized spacial score (nSPS) is 11.0. The Morgan fingerprint density at radius 3 is 2.47 bits per heavy atom. The average molecular weight is 291 g/mol. The minimum atomic E-state index is -3.14. The predicted molar refractivity (Wildman–Crippen MR) is 72.5 cm³/mol. The molecule has 0 saturated carbocycles. The lowest BCUT2D eigenvalue weighted by Gasteiger charge is -2.09. The number of aromatic nitrogens is 2. The zero-order chi connectivity index (χ0) is 15.1. The molecule has 0 aliphatic rings. The molecule has 110 valence electrons. The van der Waals surface area contributed by atoms with Crippen LogP contribution < -0.4 is 4.72 Å². The van der Waals surface area contributed by atoms with Gasteiger partial charge < -0.3 is 9.67 Å². The van der Waals surface area contributed by atoms with Crippen LogP contribution in [0, 0.1) is 0 Å². The fraction of sp³-hybridized carbons (Fsp3) is 0.636. The zero-order valence-corrected chi connectivity index (χ0v) is 12.4. The molecule has 7 nitrogen and oxygen atoms in total. The summed E-state index contributed by atoms with van der Waals surface area (Å²) in [4.78, 5) is 13.2. The highest BCUT2D eigenvalue weighted by Gasteiger charge is 2.11. The van der Waals surface area contributed by atoms with Crippen LogP contribution in [-0.4, -0.2) is 41.8 Å². The molecule has 2 N–H and O–H groups in total. The molecule has 0 spiro atoms. The molecule has 8 heteroatoms. The third kappa shape index (κ3) is 7.58. The van der Waals surface area contributed by atoms with Crippen LogP contribution in [0.2, 0.25) is 0 Å². The molecule has 0 atom stereocenters. The maximum absolute atomic E-state index is 11.2. The van der Waals surface area contributed by atoms with Crippen molar-refractivity contribution in [2.24, 2.45) is 0 Å². The molecule has 0 bridgehead atoms. The first-order valence-electron chi connectivity index (χ1n) is 5.81.